The van der Waals surface area contributed by atoms with Gasteiger partial charge in [-0.2, -0.15) is 0 Å². The zero-order chi connectivity index (χ0) is 23.7. The van der Waals surface area contributed by atoms with Gasteiger partial charge in [0.2, 0.25) is 5.95 Å². The zero-order valence-corrected chi connectivity index (χ0v) is 19.6. The monoisotopic (exact) mass is 452 g/mol. The minimum atomic E-state index is -0.0789. The Morgan fingerprint density at radius 2 is 1.76 bits per heavy atom. The largest absolute Gasteiger partial charge is 0.348 e. The average Bonchev–Trinajstić information content (AvgIpc) is 3.33. The Hall–Kier alpha value is -3.84. The molecular formula is C27H28N6O. The quantitative estimate of drug-likeness (QED) is 0.414. The SMILES string of the molecule is Cc1cccc(C)c1-c1cc(C)c2nc(Nc3cccc(C(=O)N[C@@H]4CCNC4)c3)nnc2c1. The molecule has 0 saturated carbocycles. The maximum atomic E-state index is 12.6. The molecule has 3 N–H and O–H groups in total. The second-order valence-electron chi connectivity index (χ2n) is 8.93. The third-order valence-corrected chi connectivity index (χ3v) is 6.30. The van der Waals surface area contributed by atoms with Crippen LogP contribution in [0.1, 0.15) is 33.5 Å². The van der Waals surface area contributed by atoms with E-state index in [-0.39, 0.29) is 11.9 Å². The summed E-state index contributed by atoms with van der Waals surface area (Å²) in [7, 11) is 0. The Bertz CT molecular complexity index is 1360. The Morgan fingerprint density at radius 1 is 0.971 bits per heavy atom. The molecule has 3 aromatic carbocycles. The summed E-state index contributed by atoms with van der Waals surface area (Å²) in [6, 6.07) is 18.0. The molecular weight excluding hydrogens is 424 g/mol. The van der Waals surface area contributed by atoms with E-state index in [4.69, 9.17) is 4.98 Å². The molecule has 0 radical (unpaired) electrons. The van der Waals surface area contributed by atoms with Crippen LogP contribution >= 0.6 is 0 Å². The Morgan fingerprint density at radius 3 is 2.53 bits per heavy atom. The van der Waals surface area contributed by atoms with E-state index in [2.05, 4.69) is 64.3 Å². The van der Waals surface area contributed by atoms with Gasteiger partial charge >= 0.3 is 0 Å². The normalized spacial score (nSPS) is 15.4. The number of hydrogen-bond acceptors (Lipinski definition) is 6. The number of carbonyl (C=O) groups excluding carboxylic acids is 1. The summed E-state index contributed by atoms with van der Waals surface area (Å²) in [5.74, 6) is 0.317. The van der Waals surface area contributed by atoms with Crippen LogP contribution in [0.15, 0.2) is 54.6 Å². The van der Waals surface area contributed by atoms with Crippen LogP contribution in [0.25, 0.3) is 22.2 Å². The van der Waals surface area contributed by atoms with Crippen LogP contribution in [-0.4, -0.2) is 40.2 Å². The lowest BCUT2D eigenvalue weighted by Gasteiger charge is -2.13. The predicted octanol–water partition coefficient (Wildman–Crippen LogP) is 4.45. The van der Waals surface area contributed by atoms with Crippen molar-refractivity contribution in [2.24, 2.45) is 0 Å². The van der Waals surface area contributed by atoms with Gasteiger partial charge in [-0.1, -0.05) is 24.3 Å². The fourth-order valence-electron chi connectivity index (χ4n) is 4.59. The van der Waals surface area contributed by atoms with E-state index in [1.807, 2.05) is 37.3 Å². The van der Waals surface area contributed by atoms with E-state index in [9.17, 15) is 4.79 Å². The molecule has 7 heteroatoms. The zero-order valence-electron chi connectivity index (χ0n) is 19.6. The van der Waals surface area contributed by atoms with Gasteiger partial charge in [0.15, 0.2) is 0 Å². The molecule has 5 rings (SSSR count). The van der Waals surface area contributed by atoms with Gasteiger partial charge < -0.3 is 16.0 Å². The smallest absolute Gasteiger partial charge is 0.251 e. The maximum absolute atomic E-state index is 12.6. The average molecular weight is 453 g/mol. The molecule has 1 aromatic heterocycles. The summed E-state index contributed by atoms with van der Waals surface area (Å²) in [5, 5.41) is 18.3. The highest BCUT2D eigenvalue weighted by Gasteiger charge is 2.18. The van der Waals surface area contributed by atoms with E-state index >= 15 is 0 Å². The molecule has 1 aliphatic rings. The van der Waals surface area contributed by atoms with Gasteiger partial charge in [-0.15, -0.1) is 10.2 Å². The first-order valence-electron chi connectivity index (χ1n) is 11.6. The summed E-state index contributed by atoms with van der Waals surface area (Å²) in [4.78, 5) is 17.3. The summed E-state index contributed by atoms with van der Waals surface area (Å²) >= 11 is 0. The van der Waals surface area contributed by atoms with Crippen molar-refractivity contribution in [1.82, 2.24) is 25.8 Å². The summed E-state index contributed by atoms with van der Waals surface area (Å²) in [5.41, 5.74) is 8.72. The van der Waals surface area contributed by atoms with Crippen LogP contribution in [0.3, 0.4) is 0 Å². The van der Waals surface area contributed by atoms with Gasteiger partial charge in [-0.05, 0) is 91.9 Å². The second kappa shape index (κ2) is 9.19. The van der Waals surface area contributed by atoms with Crippen LogP contribution in [0.2, 0.25) is 0 Å². The lowest BCUT2D eigenvalue weighted by atomic mass is 9.94. The molecule has 0 spiro atoms. The highest BCUT2D eigenvalue weighted by molar-refractivity contribution is 5.95. The number of aryl methyl sites for hydroxylation is 3. The highest BCUT2D eigenvalue weighted by Crippen LogP contribution is 2.31. The number of amides is 1. The van der Waals surface area contributed by atoms with Crippen molar-refractivity contribution in [2.75, 3.05) is 18.4 Å². The number of nitrogens with one attached hydrogen (secondary N) is 3. The first-order chi connectivity index (χ1) is 16.5. The summed E-state index contributed by atoms with van der Waals surface area (Å²) in [6.07, 6.45) is 0.949. The Kier molecular flexibility index (Phi) is 5.94. The molecule has 1 saturated heterocycles. The highest BCUT2D eigenvalue weighted by atomic mass is 16.1. The molecule has 1 aliphatic heterocycles. The van der Waals surface area contributed by atoms with Gasteiger partial charge in [0, 0.05) is 23.8 Å². The second-order valence-corrected chi connectivity index (χ2v) is 8.93. The van der Waals surface area contributed by atoms with Crippen molar-refractivity contribution in [3.05, 3.63) is 76.9 Å². The maximum Gasteiger partial charge on any atom is 0.251 e. The molecule has 1 amide bonds. The number of aromatic nitrogens is 3. The van der Waals surface area contributed by atoms with Crippen molar-refractivity contribution >= 4 is 28.6 Å². The Labute approximate surface area is 199 Å². The molecule has 172 valence electrons. The van der Waals surface area contributed by atoms with Gasteiger partial charge in [0.25, 0.3) is 5.91 Å². The van der Waals surface area contributed by atoms with Crippen LogP contribution in [0.5, 0.6) is 0 Å². The number of rotatable bonds is 5. The Balaban J connectivity index is 1.40. The van der Waals surface area contributed by atoms with Gasteiger partial charge in [0.1, 0.15) is 5.52 Å². The summed E-state index contributed by atoms with van der Waals surface area (Å²) < 4.78 is 0. The number of hydrogen-bond donors (Lipinski definition) is 3. The molecule has 0 bridgehead atoms. The lowest BCUT2D eigenvalue weighted by molar-refractivity contribution is 0.0940. The van der Waals surface area contributed by atoms with Crippen LogP contribution in [-0.2, 0) is 0 Å². The topological polar surface area (TPSA) is 91.8 Å². The van der Waals surface area contributed by atoms with Crippen LogP contribution in [0.4, 0.5) is 11.6 Å². The van der Waals surface area contributed by atoms with Gasteiger partial charge in [0.05, 0.1) is 5.52 Å². The van der Waals surface area contributed by atoms with Crippen LogP contribution in [0, 0.1) is 20.8 Å². The molecule has 0 aliphatic carbocycles. The van der Waals surface area contributed by atoms with Crippen molar-refractivity contribution in [3.63, 3.8) is 0 Å². The fraction of sp³-hybridized carbons (Fsp3) is 0.259. The van der Waals surface area contributed by atoms with E-state index in [1.165, 1.54) is 16.7 Å². The van der Waals surface area contributed by atoms with Gasteiger partial charge in [-0.25, -0.2) is 4.98 Å². The van der Waals surface area contributed by atoms with E-state index in [1.54, 1.807) is 0 Å². The molecule has 34 heavy (non-hydrogen) atoms. The van der Waals surface area contributed by atoms with Crippen molar-refractivity contribution in [3.8, 4) is 11.1 Å². The number of anilines is 2. The number of nitrogens with zero attached hydrogens (tertiary/aromatic N) is 3. The van der Waals surface area contributed by atoms with E-state index in [0.717, 1.165) is 47.4 Å². The van der Waals surface area contributed by atoms with E-state index in [0.29, 0.717) is 11.5 Å². The van der Waals surface area contributed by atoms with Gasteiger partial charge in [-0.3, -0.25) is 4.79 Å². The minimum absolute atomic E-state index is 0.0789. The molecule has 1 fully saturated rings. The van der Waals surface area contributed by atoms with Crippen molar-refractivity contribution < 1.29 is 4.79 Å². The fourth-order valence-corrected chi connectivity index (χ4v) is 4.59. The molecule has 1 atom stereocenters. The summed E-state index contributed by atoms with van der Waals surface area (Å²) in [6.45, 7) is 8.03. The molecule has 0 unspecified atom stereocenters. The minimum Gasteiger partial charge on any atom is -0.348 e. The van der Waals surface area contributed by atoms with E-state index < -0.39 is 0 Å². The molecule has 2 heterocycles. The standard InChI is InChI=1S/C27H28N6O/c1-16-6-4-7-17(2)24(16)20-12-18(3)25-23(14-20)32-33-27(31-25)30-21-9-5-8-19(13-21)26(34)29-22-10-11-28-15-22/h4-9,12-14,22,28H,10-11,15H2,1-3H3,(H,29,34)(H,30,31,33)/t22-/m1/s1. The van der Waals surface area contributed by atoms with Crippen molar-refractivity contribution in [2.45, 2.75) is 33.2 Å². The first-order valence-corrected chi connectivity index (χ1v) is 11.6. The number of fused-ring (bicyclic) bond motifs is 1. The number of benzene rings is 3. The van der Waals surface area contributed by atoms with Crippen LogP contribution < -0.4 is 16.0 Å². The number of carbonyl (C=O) groups is 1. The first kappa shape index (κ1) is 22.0. The third-order valence-electron chi connectivity index (χ3n) is 6.30. The molecule has 4 aromatic rings. The molecule has 7 nitrogen and oxygen atoms in total. The third kappa shape index (κ3) is 4.47. The predicted molar refractivity (Wildman–Crippen MR) is 135 cm³/mol. The lowest BCUT2D eigenvalue weighted by Crippen LogP contribution is -2.36. The van der Waals surface area contributed by atoms with Crippen molar-refractivity contribution in [1.29, 1.82) is 0 Å².